The first-order chi connectivity index (χ1) is 19.1. The third-order valence-corrected chi connectivity index (χ3v) is 5.88. The van der Waals surface area contributed by atoms with Crippen molar-refractivity contribution in [3.63, 3.8) is 0 Å². The van der Waals surface area contributed by atoms with E-state index in [1.807, 2.05) is 0 Å². The lowest BCUT2D eigenvalue weighted by molar-refractivity contribution is -0.127. The van der Waals surface area contributed by atoms with Crippen molar-refractivity contribution in [1.29, 1.82) is 0 Å². The average molecular weight is 567 g/mol. The minimum absolute atomic E-state index is 0.0474. The Morgan fingerprint density at radius 1 is 1.02 bits per heavy atom. The third kappa shape index (κ3) is 9.26. The van der Waals surface area contributed by atoms with Gasteiger partial charge in [0.1, 0.15) is 11.8 Å². The summed E-state index contributed by atoms with van der Waals surface area (Å²) in [4.78, 5) is 46.1. The lowest BCUT2D eigenvalue weighted by atomic mass is 10.0. The molecular formula is C27H31ClN8O4. The van der Waals surface area contributed by atoms with E-state index in [0.717, 1.165) is 0 Å². The quantitative estimate of drug-likeness (QED) is 0.101. The number of carbonyl (C=O) groups is 3. The number of aliphatic imine (C=N–C) groups is 1. The Morgan fingerprint density at radius 3 is 2.50 bits per heavy atom. The molecule has 0 aliphatic carbocycles. The van der Waals surface area contributed by atoms with Crippen molar-refractivity contribution >= 4 is 41.0 Å². The number of hydrogen-bond donors (Lipinski definition) is 6. The van der Waals surface area contributed by atoms with Gasteiger partial charge in [-0.15, -0.1) is 0 Å². The predicted molar refractivity (Wildman–Crippen MR) is 153 cm³/mol. The van der Waals surface area contributed by atoms with Crippen LogP contribution >= 0.6 is 11.6 Å². The van der Waals surface area contributed by atoms with Crippen molar-refractivity contribution in [2.75, 3.05) is 11.9 Å². The van der Waals surface area contributed by atoms with E-state index < -0.39 is 29.8 Å². The molecule has 3 amide bonds. The van der Waals surface area contributed by atoms with Crippen molar-refractivity contribution in [2.45, 2.75) is 31.3 Å². The summed E-state index contributed by atoms with van der Waals surface area (Å²) in [6.07, 6.45) is 4.11. The second kappa shape index (κ2) is 14.5. The first-order valence-electron chi connectivity index (χ1n) is 12.3. The summed E-state index contributed by atoms with van der Waals surface area (Å²) >= 11 is 6.07. The molecule has 40 heavy (non-hydrogen) atoms. The lowest BCUT2D eigenvalue weighted by Crippen LogP contribution is -2.51. The highest BCUT2D eigenvalue weighted by Gasteiger charge is 2.25. The fourth-order valence-electron chi connectivity index (χ4n) is 3.63. The van der Waals surface area contributed by atoms with Crippen molar-refractivity contribution in [3.8, 4) is 11.5 Å². The number of guanidine groups is 1. The van der Waals surface area contributed by atoms with E-state index in [9.17, 15) is 14.4 Å². The molecule has 0 radical (unpaired) electrons. The smallest absolute Gasteiger partial charge is 0.248 e. The Bertz CT molecular complexity index is 1370. The molecule has 3 rings (SSSR count). The molecule has 0 unspecified atom stereocenters. The highest BCUT2D eigenvalue weighted by Crippen LogP contribution is 2.32. The summed E-state index contributed by atoms with van der Waals surface area (Å²) in [7, 11) is 0. The van der Waals surface area contributed by atoms with Crippen LogP contribution in [0.15, 0.2) is 72.0 Å². The van der Waals surface area contributed by atoms with Gasteiger partial charge in [-0.1, -0.05) is 23.7 Å². The van der Waals surface area contributed by atoms with Crippen LogP contribution in [-0.4, -0.2) is 47.3 Å². The topological polar surface area (TPSA) is 214 Å². The molecule has 3 aromatic rings. The van der Waals surface area contributed by atoms with Gasteiger partial charge in [0, 0.05) is 35.9 Å². The van der Waals surface area contributed by atoms with Gasteiger partial charge in [0.2, 0.25) is 17.7 Å². The zero-order valence-corrected chi connectivity index (χ0v) is 22.3. The maximum atomic E-state index is 13.5. The van der Waals surface area contributed by atoms with Gasteiger partial charge in [-0.05, 0) is 60.9 Å². The maximum Gasteiger partial charge on any atom is 0.248 e. The SMILES string of the molecule is NC(=O)c1ccc(NC(=O)[C@H](Cc2cccnc2)NC(=O)[C@@H](N)CCCN=C(N)N)c(Oc2cccc(Cl)c2)c1. The van der Waals surface area contributed by atoms with Gasteiger partial charge < -0.3 is 38.3 Å². The second-order valence-corrected chi connectivity index (χ2v) is 9.24. The van der Waals surface area contributed by atoms with Gasteiger partial charge in [0.15, 0.2) is 11.7 Å². The summed E-state index contributed by atoms with van der Waals surface area (Å²) < 4.78 is 5.92. The molecule has 0 spiro atoms. The number of ether oxygens (including phenoxy) is 1. The zero-order chi connectivity index (χ0) is 29.1. The first-order valence-corrected chi connectivity index (χ1v) is 12.7. The number of anilines is 1. The summed E-state index contributed by atoms with van der Waals surface area (Å²) in [5.74, 6) is -1.27. The number of nitrogens with two attached hydrogens (primary N) is 4. The Balaban J connectivity index is 1.82. The minimum atomic E-state index is -1.02. The van der Waals surface area contributed by atoms with E-state index in [-0.39, 0.29) is 29.4 Å². The molecule has 2 atom stereocenters. The molecule has 0 bridgehead atoms. The van der Waals surface area contributed by atoms with Crippen LogP contribution in [0.25, 0.3) is 0 Å². The van der Waals surface area contributed by atoms with E-state index in [1.54, 1.807) is 48.8 Å². The molecule has 2 aromatic carbocycles. The molecule has 1 heterocycles. The number of nitrogens with one attached hydrogen (secondary N) is 2. The van der Waals surface area contributed by atoms with E-state index in [0.29, 0.717) is 35.7 Å². The molecule has 0 aliphatic rings. The number of hydrogen-bond acceptors (Lipinski definition) is 7. The monoisotopic (exact) mass is 566 g/mol. The average Bonchev–Trinajstić information content (AvgIpc) is 2.91. The molecule has 1 aromatic heterocycles. The first kappa shape index (κ1) is 29.9. The number of rotatable bonds is 13. The fourth-order valence-corrected chi connectivity index (χ4v) is 3.81. The summed E-state index contributed by atoms with van der Waals surface area (Å²) in [5, 5.41) is 5.92. The number of aromatic nitrogens is 1. The van der Waals surface area contributed by atoms with Crippen LogP contribution < -0.4 is 38.3 Å². The highest BCUT2D eigenvalue weighted by molar-refractivity contribution is 6.30. The Hall–Kier alpha value is -4.68. The van der Waals surface area contributed by atoms with Crippen molar-refractivity contribution in [2.24, 2.45) is 27.9 Å². The molecule has 0 saturated heterocycles. The largest absolute Gasteiger partial charge is 0.455 e. The molecule has 210 valence electrons. The zero-order valence-electron chi connectivity index (χ0n) is 21.5. The normalized spacial score (nSPS) is 12.1. The lowest BCUT2D eigenvalue weighted by Gasteiger charge is -2.22. The summed E-state index contributed by atoms with van der Waals surface area (Å²) in [5.41, 5.74) is 23.2. The van der Waals surface area contributed by atoms with Gasteiger partial charge in [-0.2, -0.15) is 0 Å². The van der Waals surface area contributed by atoms with Crippen LogP contribution in [0.3, 0.4) is 0 Å². The molecule has 0 saturated carbocycles. The molecule has 10 N–H and O–H groups in total. The Kier molecular flexibility index (Phi) is 10.8. The number of halogens is 1. The van der Waals surface area contributed by atoms with Crippen molar-refractivity contribution in [3.05, 3.63) is 83.1 Å². The van der Waals surface area contributed by atoms with Crippen LogP contribution in [0.1, 0.15) is 28.8 Å². The molecule has 12 nitrogen and oxygen atoms in total. The summed E-state index contributed by atoms with van der Waals surface area (Å²) in [6.45, 7) is 0.319. The minimum Gasteiger partial charge on any atom is -0.455 e. The standard InChI is InChI=1S/C27H31ClN8O4/c28-18-5-1-6-19(14-18)40-23-13-17(24(30)37)8-9-21(23)35-26(39)22(12-16-4-2-10-33-15-16)36-25(38)20(29)7-3-11-34-27(31)32/h1-2,4-6,8-10,13-15,20,22H,3,7,11-12,29H2,(H2,30,37)(H,35,39)(H,36,38)(H4,31,32,34)/t20-,22-/m0/s1. The van der Waals surface area contributed by atoms with Gasteiger partial charge in [-0.25, -0.2) is 0 Å². The predicted octanol–water partition coefficient (Wildman–Crippen LogP) is 1.67. The molecule has 0 aliphatic heterocycles. The van der Waals surface area contributed by atoms with Crippen LogP contribution in [0.2, 0.25) is 5.02 Å². The molecule has 0 fully saturated rings. The third-order valence-electron chi connectivity index (χ3n) is 5.65. The fraction of sp³-hybridized carbons (Fsp3) is 0.222. The number of pyridine rings is 1. The maximum absolute atomic E-state index is 13.5. The van der Waals surface area contributed by atoms with Gasteiger partial charge >= 0.3 is 0 Å². The van der Waals surface area contributed by atoms with Crippen LogP contribution in [-0.2, 0) is 16.0 Å². The number of amides is 3. The van der Waals surface area contributed by atoms with Crippen LogP contribution in [0.5, 0.6) is 11.5 Å². The Morgan fingerprint density at radius 2 is 1.82 bits per heavy atom. The number of nitrogens with zero attached hydrogens (tertiary/aromatic N) is 2. The van der Waals surface area contributed by atoms with Gasteiger partial charge in [0.25, 0.3) is 0 Å². The molecular weight excluding hydrogens is 536 g/mol. The molecule has 13 heteroatoms. The number of carbonyl (C=O) groups excluding carboxylic acids is 3. The van der Waals surface area contributed by atoms with E-state index in [1.165, 1.54) is 18.2 Å². The second-order valence-electron chi connectivity index (χ2n) is 8.81. The number of primary amides is 1. The highest BCUT2D eigenvalue weighted by atomic mass is 35.5. The Labute approximate surface area is 236 Å². The van der Waals surface area contributed by atoms with Crippen molar-refractivity contribution in [1.82, 2.24) is 10.3 Å². The van der Waals surface area contributed by atoms with Gasteiger partial charge in [0.05, 0.1) is 11.7 Å². The van der Waals surface area contributed by atoms with Gasteiger partial charge in [-0.3, -0.25) is 24.4 Å². The summed E-state index contributed by atoms with van der Waals surface area (Å²) in [6, 6.07) is 12.5. The van der Waals surface area contributed by atoms with E-state index in [4.69, 9.17) is 39.3 Å². The number of benzene rings is 2. The van der Waals surface area contributed by atoms with E-state index in [2.05, 4.69) is 20.6 Å². The van der Waals surface area contributed by atoms with E-state index >= 15 is 0 Å². The van der Waals surface area contributed by atoms with Crippen LogP contribution in [0, 0.1) is 0 Å². The van der Waals surface area contributed by atoms with Crippen LogP contribution in [0.4, 0.5) is 5.69 Å². The van der Waals surface area contributed by atoms with Crippen molar-refractivity contribution < 1.29 is 19.1 Å².